The second-order valence-corrected chi connectivity index (χ2v) is 4.97. The number of ether oxygens (including phenoxy) is 1. The highest BCUT2D eigenvalue weighted by Crippen LogP contribution is 2.37. The highest BCUT2D eigenvalue weighted by molar-refractivity contribution is 9.10. The van der Waals surface area contributed by atoms with Crippen molar-refractivity contribution in [3.63, 3.8) is 0 Å². The summed E-state index contributed by atoms with van der Waals surface area (Å²) in [5.74, 6) is 0.171. The number of pyridine rings is 1. The van der Waals surface area contributed by atoms with Crippen molar-refractivity contribution >= 4 is 33.2 Å². The van der Waals surface area contributed by atoms with Gasteiger partial charge in [0, 0.05) is 11.9 Å². The quantitative estimate of drug-likeness (QED) is 0.769. The van der Waals surface area contributed by atoms with Crippen LogP contribution in [0.5, 0.6) is 11.6 Å². The number of rotatable bonds is 2. The number of benzene rings is 1. The fraction of sp³-hybridized carbons (Fsp3) is 0.0833. The molecular formula is C12H7BrClF3N2O. The minimum Gasteiger partial charge on any atom is -0.436 e. The maximum absolute atomic E-state index is 12.5. The van der Waals surface area contributed by atoms with Crippen molar-refractivity contribution in [1.82, 2.24) is 4.98 Å². The van der Waals surface area contributed by atoms with Crippen LogP contribution in [-0.2, 0) is 6.18 Å². The smallest absolute Gasteiger partial charge is 0.417 e. The first kappa shape index (κ1) is 14.9. The van der Waals surface area contributed by atoms with E-state index < -0.39 is 11.7 Å². The van der Waals surface area contributed by atoms with E-state index in [1.807, 2.05) is 0 Å². The highest BCUT2D eigenvalue weighted by Gasteiger charge is 2.31. The van der Waals surface area contributed by atoms with Crippen LogP contribution >= 0.6 is 27.5 Å². The molecule has 0 saturated carbocycles. The van der Waals surface area contributed by atoms with E-state index in [-0.39, 0.29) is 10.9 Å². The van der Waals surface area contributed by atoms with Gasteiger partial charge in [-0.25, -0.2) is 4.98 Å². The summed E-state index contributed by atoms with van der Waals surface area (Å²) in [5, 5.41) is -0.242. The Labute approximate surface area is 125 Å². The molecule has 0 amide bonds. The van der Waals surface area contributed by atoms with E-state index in [1.54, 1.807) is 18.2 Å². The summed E-state index contributed by atoms with van der Waals surface area (Å²) in [6.07, 6.45) is -3.85. The van der Waals surface area contributed by atoms with Gasteiger partial charge >= 0.3 is 6.18 Å². The molecule has 0 fully saturated rings. The largest absolute Gasteiger partial charge is 0.436 e. The number of halogens is 5. The summed E-state index contributed by atoms with van der Waals surface area (Å²) in [6.45, 7) is 0. The average molecular weight is 368 g/mol. The topological polar surface area (TPSA) is 48.1 Å². The highest BCUT2D eigenvalue weighted by atomic mass is 79.9. The second kappa shape index (κ2) is 5.49. The van der Waals surface area contributed by atoms with Crippen molar-refractivity contribution in [2.24, 2.45) is 0 Å². The number of nitrogens with zero attached hydrogens (tertiary/aromatic N) is 1. The Hall–Kier alpha value is -1.47. The summed E-state index contributed by atoms with van der Waals surface area (Å²) in [4.78, 5) is 3.57. The lowest BCUT2D eigenvalue weighted by molar-refractivity contribution is -0.137. The third-order valence-corrected chi connectivity index (χ3v) is 3.45. The maximum atomic E-state index is 12.5. The predicted molar refractivity (Wildman–Crippen MR) is 72.9 cm³/mol. The molecule has 0 spiro atoms. The van der Waals surface area contributed by atoms with Crippen LogP contribution in [0.25, 0.3) is 0 Å². The van der Waals surface area contributed by atoms with Crippen molar-refractivity contribution in [2.75, 3.05) is 5.73 Å². The summed E-state index contributed by atoms with van der Waals surface area (Å²) in [7, 11) is 0. The first-order valence-corrected chi connectivity index (χ1v) is 6.40. The van der Waals surface area contributed by atoms with E-state index in [9.17, 15) is 13.2 Å². The number of nitrogen functional groups attached to an aromatic ring is 1. The molecule has 0 aliphatic heterocycles. The molecule has 0 aliphatic rings. The zero-order chi connectivity index (χ0) is 14.9. The number of alkyl halides is 3. The molecule has 2 N–H and O–H groups in total. The van der Waals surface area contributed by atoms with Gasteiger partial charge < -0.3 is 10.5 Å². The Bertz CT molecular complexity index is 649. The van der Waals surface area contributed by atoms with Crippen molar-refractivity contribution in [2.45, 2.75) is 6.18 Å². The minimum atomic E-state index is -4.51. The molecule has 0 unspecified atom stereocenters. The fourth-order valence-electron chi connectivity index (χ4n) is 1.37. The van der Waals surface area contributed by atoms with Crippen molar-refractivity contribution < 1.29 is 17.9 Å². The van der Waals surface area contributed by atoms with Crippen LogP contribution in [0.1, 0.15) is 5.56 Å². The van der Waals surface area contributed by atoms with Gasteiger partial charge in [-0.15, -0.1) is 0 Å². The van der Waals surface area contributed by atoms with E-state index in [0.29, 0.717) is 22.1 Å². The molecule has 2 rings (SSSR count). The maximum Gasteiger partial charge on any atom is 0.417 e. The van der Waals surface area contributed by atoms with E-state index in [4.69, 9.17) is 22.1 Å². The molecule has 1 aromatic heterocycles. The zero-order valence-corrected chi connectivity index (χ0v) is 12.1. The Morgan fingerprint density at radius 1 is 1.30 bits per heavy atom. The molecule has 3 nitrogen and oxygen atoms in total. The monoisotopic (exact) mass is 366 g/mol. The van der Waals surface area contributed by atoms with Gasteiger partial charge in [-0.3, -0.25) is 0 Å². The molecule has 1 aromatic carbocycles. The number of hydrogen-bond donors (Lipinski definition) is 1. The van der Waals surface area contributed by atoms with Crippen LogP contribution in [0.3, 0.4) is 0 Å². The van der Waals surface area contributed by atoms with Gasteiger partial charge in [0.15, 0.2) is 0 Å². The Morgan fingerprint density at radius 3 is 2.60 bits per heavy atom. The lowest BCUT2D eigenvalue weighted by Crippen LogP contribution is -2.05. The molecule has 0 bridgehead atoms. The summed E-state index contributed by atoms with van der Waals surface area (Å²) in [6, 6.07) is 5.60. The Balaban J connectivity index is 2.33. The molecule has 0 aliphatic carbocycles. The first-order valence-electron chi connectivity index (χ1n) is 5.23. The fourth-order valence-corrected chi connectivity index (χ4v) is 1.92. The van der Waals surface area contributed by atoms with Crippen molar-refractivity contribution in [1.29, 1.82) is 0 Å². The van der Waals surface area contributed by atoms with Crippen LogP contribution in [0.15, 0.2) is 34.9 Å². The van der Waals surface area contributed by atoms with Crippen LogP contribution in [0, 0.1) is 0 Å². The molecule has 20 heavy (non-hydrogen) atoms. The molecule has 8 heteroatoms. The lowest BCUT2D eigenvalue weighted by atomic mass is 10.3. The molecule has 0 atom stereocenters. The Kier molecular flexibility index (Phi) is 4.10. The minimum absolute atomic E-state index is 0.133. The van der Waals surface area contributed by atoms with Gasteiger partial charge in [-0.1, -0.05) is 17.7 Å². The van der Waals surface area contributed by atoms with Crippen molar-refractivity contribution in [3.8, 4) is 11.6 Å². The summed E-state index contributed by atoms with van der Waals surface area (Å²) < 4.78 is 43.3. The Morgan fingerprint density at radius 2 is 2.00 bits per heavy atom. The number of nitrogens with two attached hydrogens (primary N) is 1. The van der Waals surface area contributed by atoms with Gasteiger partial charge in [0.05, 0.1) is 10.0 Å². The number of hydrogen-bond acceptors (Lipinski definition) is 3. The lowest BCUT2D eigenvalue weighted by Gasteiger charge is -2.11. The van der Waals surface area contributed by atoms with Crippen LogP contribution in [0.2, 0.25) is 5.02 Å². The van der Waals surface area contributed by atoms with Gasteiger partial charge in [-0.2, -0.15) is 13.2 Å². The van der Waals surface area contributed by atoms with Gasteiger partial charge in [-0.05, 0) is 34.1 Å². The zero-order valence-electron chi connectivity index (χ0n) is 9.71. The molecule has 0 saturated heterocycles. The molecule has 0 radical (unpaired) electrons. The van der Waals surface area contributed by atoms with Crippen molar-refractivity contribution in [3.05, 3.63) is 45.5 Å². The second-order valence-electron chi connectivity index (χ2n) is 3.77. The SMILES string of the molecule is Nc1cccc(Oc2ncc(C(F)(F)F)cc2Cl)c1Br. The normalized spacial score (nSPS) is 11.4. The van der Waals surface area contributed by atoms with Crippen LogP contribution in [0.4, 0.5) is 18.9 Å². The van der Waals surface area contributed by atoms with E-state index >= 15 is 0 Å². The number of aromatic nitrogens is 1. The van der Waals surface area contributed by atoms with Gasteiger partial charge in [0.25, 0.3) is 0 Å². The molecule has 2 aromatic rings. The summed E-state index contributed by atoms with van der Waals surface area (Å²) in [5.41, 5.74) is 5.14. The molecule has 1 heterocycles. The molecular weight excluding hydrogens is 360 g/mol. The van der Waals surface area contributed by atoms with E-state index in [1.165, 1.54) is 0 Å². The van der Waals surface area contributed by atoms with Gasteiger partial charge in [0.1, 0.15) is 10.8 Å². The third kappa shape index (κ3) is 3.16. The third-order valence-electron chi connectivity index (χ3n) is 2.33. The van der Waals surface area contributed by atoms with Gasteiger partial charge in [0.2, 0.25) is 5.88 Å². The summed E-state index contributed by atoms with van der Waals surface area (Å²) >= 11 is 8.95. The predicted octanol–water partition coefficient (Wildman–Crippen LogP) is 4.89. The van der Waals surface area contributed by atoms with E-state index in [2.05, 4.69) is 20.9 Å². The number of anilines is 1. The van der Waals surface area contributed by atoms with Crippen LogP contribution < -0.4 is 10.5 Å². The average Bonchev–Trinajstić information content (AvgIpc) is 2.36. The molecule has 106 valence electrons. The standard InChI is InChI=1S/C12H7BrClF3N2O/c13-10-8(18)2-1-3-9(10)20-11-7(14)4-6(5-19-11)12(15,16)17/h1-5H,18H2. The van der Waals surface area contributed by atoms with E-state index in [0.717, 1.165) is 6.07 Å². The van der Waals surface area contributed by atoms with Crippen LogP contribution in [-0.4, -0.2) is 4.98 Å². The first-order chi connectivity index (χ1) is 9.29.